The highest BCUT2D eigenvalue weighted by atomic mass is 19.4. The van der Waals surface area contributed by atoms with E-state index in [1.54, 1.807) is 0 Å². The van der Waals surface area contributed by atoms with Gasteiger partial charge in [-0.3, -0.25) is 0 Å². The number of halogens is 3. The second-order valence-corrected chi connectivity index (χ2v) is 2.85. The first-order chi connectivity index (χ1) is 7.42. The minimum absolute atomic E-state index is 0.135. The Hall–Kier alpha value is -1.69. The monoisotopic (exact) mass is 234 g/mol. The Morgan fingerprint density at radius 2 is 2.00 bits per heavy atom. The van der Waals surface area contributed by atoms with E-state index < -0.39 is 12.1 Å². The number of aromatic hydroxyl groups is 1. The molecule has 0 aromatic heterocycles. The number of aliphatic hydroxyl groups excluding tert-OH is 1. The highest BCUT2D eigenvalue weighted by Crippen LogP contribution is 2.28. The first kappa shape index (κ1) is 12.4. The van der Waals surface area contributed by atoms with E-state index in [4.69, 9.17) is 5.11 Å². The number of rotatable bonds is 3. The number of hydrogen-bond acceptors (Lipinski definition) is 3. The fourth-order valence-electron chi connectivity index (χ4n) is 1.04. The lowest BCUT2D eigenvalue weighted by Crippen LogP contribution is -2.17. The Bertz CT molecular complexity index is 385. The molecule has 0 amide bonds. The van der Waals surface area contributed by atoms with Crippen molar-refractivity contribution in [3.05, 3.63) is 29.8 Å². The summed E-state index contributed by atoms with van der Waals surface area (Å²) in [5.41, 5.74) is 0.135. The van der Waals surface area contributed by atoms with E-state index in [9.17, 15) is 18.3 Å². The SMILES string of the molecule is OCC=Cc1cc(OC(F)(F)F)ccc1O. The highest BCUT2D eigenvalue weighted by Gasteiger charge is 2.31. The lowest BCUT2D eigenvalue weighted by atomic mass is 10.2. The predicted molar refractivity (Wildman–Crippen MR) is 50.9 cm³/mol. The number of aliphatic hydroxyl groups is 1. The number of ether oxygens (including phenoxy) is 1. The van der Waals surface area contributed by atoms with E-state index in [0.29, 0.717) is 0 Å². The third-order valence-electron chi connectivity index (χ3n) is 1.64. The maximum atomic E-state index is 11.9. The Balaban J connectivity index is 2.94. The van der Waals surface area contributed by atoms with Gasteiger partial charge in [0.25, 0.3) is 0 Å². The predicted octanol–water partition coefficient (Wildman–Crippen LogP) is 2.30. The average molecular weight is 234 g/mol. The van der Waals surface area contributed by atoms with Gasteiger partial charge in [0, 0.05) is 5.56 Å². The Kier molecular flexibility index (Phi) is 3.78. The quantitative estimate of drug-likeness (QED) is 0.843. The molecule has 88 valence electrons. The number of phenols is 1. The van der Waals surface area contributed by atoms with Gasteiger partial charge < -0.3 is 14.9 Å². The largest absolute Gasteiger partial charge is 0.573 e. The molecule has 16 heavy (non-hydrogen) atoms. The van der Waals surface area contributed by atoms with Crippen molar-refractivity contribution in [2.24, 2.45) is 0 Å². The molecule has 6 heteroatoms. The highest BCUT2D eigenvalue weighted by molar-refractivity contribution is 5.59. The summed E-state index contributed by atoms with van der Waals surface area (Å²) in [4.78, 5) is 0. The summed E-state index contributed by atoms with van der Waals surface area (Å²) >= 11 is 0. The standard InChI is InChI=1S/C10H9F3O3/c11-10(12,13)16-8-3-4-9(15)7(6-8)2-1-5-14/h1-4,6,14-15H,5H2. The summed E-state index contributed by atoms with van der Waals surface area (Å²) < 4.78 is 39.3. The van der Waals surface area contributed by atoms with Crippen molar-refractivity contribution < 1.29 is 28.1 Å². The van der Waals surface area contributed by atoms with Gasteiger partial charge in [-0.25, -0.2) is 0 Å². The molecule has 0 saturated heterocycles. The van der Waals surface area contributed by atoms with Crippen LogP contribution in [0.5, 0.6) is 11.5 Å². The van der Waals surface area contributed by atoms with E-state index in [0.717, 1.165) is 18.2 Å². The van der Waals surface area contributed by atoms with Crippen LogP contribution < -0.4 is 4.74 Å². The number of alkyl halides is 3. The molecule has 0 saturated carbocycles. The van der Waals surface area contributed by atoms with Crippen LogP contribution in [0.1, 0.15) is 5.56 Å². The average Bonchev–Trinajstić information content (AvgIpc) is 2.17. The third kappa shape index (κ3) is 3.82. The van der Waals surface area contributed by atoms with Crippen LogP contribution in [-0.2, 0) is 0 Å². The van der Waals surface area contributed by atoms with Gasteiger partial charge >= 0.3 is 6.36 Å². The minimum Gasteiger partial charge on any atom is -0.507 e. The van der Waals surface area contributed by atoms with Crippen molar-refractivity contribution in [3.63, 3.8) is 0 Å². The zero-order valence-electron chi connectivity index (χ0n) is 8.03. The van der Waals surface area contributed by atoms with Gasteiger partial charge in [0.1, 0.15) is 11.5 Å². The van der Waals surface area contributed by atoms with Crippen LogP contribution in [0.2, 0.25) is 0 Å². The van der Waals surface area contributed by atoms with E-state index in [2.05, 4.69) is 4.74 Å². The summed E-state index contributed by atoms with van der Waals surface area (Å²) in [6, 6.07) is 3.10. The molecule has 0 atom stereocenters. The van der Waals surface area contributed by atoms with Gasteiger partial charge in [-0.2, -0.15) is 0 Å². The molecule has 0 aliphatic carbocycles. The zero-order valence-corrected chi connectivity index (χ0v) is 8.03. The van der Waals surface area contributed by atoms with E-state index in [1.807, 2.05) is 0 Å². The Morgan fingerprint density at radius 3 is 2.56 bits per heavy atom. The van der Waals surface area contributed by atoms with Crippen molar-refractivity contribution in [1.29, 1.82) is 0 Å². The van der Waals surface area contributed by atoms with Gasteiger partial charge in [0.2, 0.25) is 0 Å². The Morgan fingerprint density at radius 1 is 1.31 bits per heavy atom. The third-order valence-corrected chi connectivity index (χ3v) is 1.64. The lowest BCUT2D eigenvalue weighted by molar-refractivity contribution is -0.274. The van der Waals surface area contributed by atoms with Crippen LogP contribution in [0.25, 0.3) is 6.08 Å². The maximum Gasteiger partial charge on any atom is 0.573 e. The molecule has 0 heterocycles. The molecule has 0 radical (unpaired) electrons. The van der Waals surface area contributed by atoms with Crippen LogP contribution in [0.15, 0.2) is 24.3 Å². The van der Waals surface area contributed by atoms with Crippen LogP contribution in [0, 0.1) is 0 Å². The molecule has 1 aromatic rings. The molecule has 0 bridgehead atoms. The molecule has 0 unspecified atom stereocenters. The molecule has 0 aliphatic rings. The zero-order chi connectivity index (χ0) is 12.2. The number of phenolic OH excluding ortho intramolecular Hbond substituents is 1. The number of benzene rings is 1. The van der Waals surface area contributed by atoms with Crippen molar-refractivity contribution in [3.8, 4) is 11.5 Å². The normalized spacial score (nSPS) is 12.0. The first-order valence-corrected chi connectivity index (χ1v) is 4.28. The van der Waals surface area contributed by atoms with E-state index >= 15 is 0 Å². The van der Waals surface area contributed by atoms with Gasteiger partial charge in [-0.1, -0.05) is 12.2 Å². The topological polar surface area (TPSA) is 49.7 Å². The van der Waals surface area contributed by atoms with Crippen LogP contribution >= 0.6 is 0 Å². The van der Waals surface area contributed by atoms with Crippen molar-refractivity contribution >= 4 is 6.08 Å². The fourth-order valence-corrected chi connectivity index (χ4v) is 1.04. The summed E-state index contributed by atoms with van der Waals surface area (Å²) in [7, 11) is 0. The summed E-state index contributed by atoms with van der Waals surface area (Å²) in [6.07, 6.45) is -2.19. The van der Waals surface area contributed by atoms with Crippen molar-refractivity contribution in [2.75, 3.05) is 6.61 Å². The molecule has 2 N–H and O–H groups in total. The second-order valence-electron chi connectivity index (χ2n) is 2.85. The molecular weight excluding hydrogens is 225 g/mol. The minimum atomic E-state index is -4.77. The summed E-state index contributed by atoms with van der Waals surface area (Å²) in [5, 5.41) is 17.8. The molecule has 0 aliphatic heterocycles. The number of hydrogen-bond donors (Lipinski definition) is 2. The first-order valence-electron chi connectivity index (χ1n) is 4.28. The molecule has 3 nitrogen and oxygen atoms in total. The van der Waals surface area contributed by atoms with Crippen LogP contribution in [0.4, 0.5) is 13.2 Å². The fraction of sp³-hybridized carbons (Fsp3) is 0.200. The second kappa shape index (κ2) is 4.89. The van der Waals surface area contributed by atoms with Crippen LogP contribution in [0.3, 0.4) is 0 Å². The van der Waals surface area contributed by atoms with E-state index in [-0.39, 0.29) is 17.9 Å². The molecule has 1 rings (SSSR count). The molecule has 0 spiro atoms. The maximum absolute atomic E-state index is 11.9. The van der Waals surface area contributed by atoms with Crippen LogP contribution in [-0.4, -0.2) is 23.2 Å². The van der Waals surface area contributed by atoms with Gasteiger partial charge in [0.15, 0.2) is 0 Å². The van der Waals surface area contributed by atoms with Gasteiger partial charge in [-0.15, -0.1) is 13.2 Å². The van der Waals surface area contributed by atoms with Gasteiger partial charge in [0.05, 0.1) is 6.61 Å². The van der Waals surface area contributed by atoms with Crippen molar-refractivity contribution in [1.82, 2.24) is 0 Å². The smallest absolute Gasteiger partial charge is 0.507 e. The molecular formula is C10H9F3O3. The Labute approximate surface area is 89.4 Å². The molecule has 1 aromatic carbocycles. The lowest BCUT2D eigenvalue weighted by Gasteiger charge is -2.09. The van der Waals surface area contributed by atoms with E-state index in [1.165, 1.54) is 12.2 Å². The van der Waals surface area contributed by atoms with Gasteiger partial charge in [-0.05, 0) is 18.2 Å². The summed E-state index contributed by atoms with van der Waals surface area (Å²) in [5.74, 6) is -0.623. The summed E-state index contributed by atoms with van der Waals surface area (Å²) in [6.45, 7) is -0.274. The molecule has 0 fully saturated rings. The van der Waals surface area contributed by atoms with Crippen molar-refractivity contribution in [2.45, 2.75) is 6.36 Å².